The van der Waals surface area contributed by atoms with Crippen LogP contribution in [0.3, 0.4) is 0 Å². The van der Waals surface area contributed by atoms with Crippen LogP contribution >= 0.6 is 0 Å². The van der Waals surface area contributed by atoms with Crippen molar-refractivity contribution in [2.45, 2.75) is 11.3 Å². The normalized spacial score (nSPS) is 21.9. The van der Waals surface area contributed by atoms with Gasteiger partial charge in [0.15, 0.2) is 0 Å². The molecule has 19 heavy (non-hydrogen) atoms. The van der Waals surface area contributed by atoms with Crippen molar-refractivity contribution < 1.29 is 18.1 Å². The molecule has 0 spiro atoms. The zero-order valence-corrected chi connectivity index (χ0v) is 12.2. The van der Waals surface area contributed by atoms with E-state index in [4.69, 9.17) is 4.74 Å². The van der Waals surface area contributed by atoms with Crippen molar-refractivity contribution in [3.05, 3.63) is 24.3 Å². The minimum Gasteiger partial charge on any atom is -0.497 e. The average Bonchev–Trinajstić information content (AvgIpc) is 2.64. The molecule has 1 fully saturated rings. The van der Waals surface area contributed by atoms with Crippen molar-refractivity contribution in [2.24, 2.45) is 0 Å². The van der Waals surface area contributed by atoms with Crippen molar-refractivity contribution in [1.29, 1.82) is 0 Å². The fourth-order valence-electron chi connectivity index (χ4n) is 2.25. The van der Waals surface area contributed by atoms with Gasteiger partial charge in [0.1, 0.15) is 5.75 Å². The van der Waals surface area contributed by atoms with Gasteiger partial charge in [-0.05, 0) is 24.3 Å². The lowest BCUT2D eigenvalue weighted by molar-refractivity contribution is -0.877. The van der Waals surface area contributed by atoms with Gasteiger partial charge in [0.05, 0.1) is 38.7 Å². The second-order valence-corrected chi connectivity index (χ2v) is 6.83. The number of nitrogens with one attached hydrogen (secondary N) is 1. The van der Waals surface area contributed by atoms with E-state index in [0.29, 0.717) is 23.7 Å². The number of sulfonamides is 1. The Labute approximate surface area is 114 Å². The van der Waals surface area contributed by atoms with E-state index in [-0.39, 0.29) is 0 Å². The maximum absolute atomic E-state index is 12.5. The molecule has 1 aromatic rings. The Morgan fingerprint density at radius 3 is 2.47 bits per heavy atom. The largest absolute Gasteiger partial charge is 0.497 e. The zero-order valence-electron chi connectivity index (χ0n) is 11.4. The minimum atomic E-state index is -3.37. The first-order valence-electron chi connectivity index (χ1n) is 6.49. The topological polar surface area (TPSA) is 51.1 Å². The Hall–Kier alpha value is -1.11. The van der Waals surface area contributed by atoms with E-state index >= 15 is 0 Å². The van der Waals surface area contributed by atoms with Crippen molar-refractivity contribution in [1.82, 2.24) is 4.31 Å². The lowest BCUT2D eigenvalue weighted by Gasteiger charge is -2.19. The van der Waals surface area contributed by atoms with Crippen LogP contribution in [-0.2, 0) is 10.0 Å². The zero-order chi connectivity index (χ0) is 13.9. The van der Waals surface area contributed by atoms with Gasteiger partial charge in [0, 0.05) is 13.0 Å². The molecule has 0 aromatic heterocycles. The fourth-order valence-corrected chi connectivity index (χ4v) is 3.73. The molecule has 1 aliphatic heterocycles. The molecule has 0 amide bonds. The number of hydrogen-bond donors (Lipinski definition) is 1. The van der Waals surface area contributed by atoms with Gasteiger partial charge >= 0.3 is 0 Å². The summed E-state index contributed by atoms with van der Waals surface area (Å²) >= 11 is 0. The predicted molar refractivity (Wildman–Crippen MR) is 73.0 cm³/mol. The van der Waals surface area contributed by atoms with Gasteiger partial charge in [-0.3, -0.25) is 0 Å². The summed E-state index contributed by atoms with van der Waals surface area (Å²) in [5, 5.41) is 0. The van der Waals surface area contributed by atoms with Crippen molar-refractivity contribution in [2.75, 3.05) is 40.3 Å². The number of hydrogen-bond acceptors (Lipinski definition) is 3. The van der Waals surface area contributed by atoms with E-state index in [1.165, 1.54) is 4.90 Å². The molecule has 1 aliphatic rings. The molecule has 1 aromatic carbocycles. The van der Waals surface area contributed by atoms with Crippen LogP contribution in [0.15, 0.2) is 29.2 Å². The number of ether oxygens (including phenoxy) is 1. The summed E-state index contributed by atoms with van der Waals surface area (Å²) in [6, 6.07) is 6.58. The maximum Gasteiger partial charge on any atom is 0.243 e. The first-order chi connectivity index (χ1) is 9.04. The summed E-state index contributed by atoms with van der Waals surface area (Å²) in [6.45, 7) is 3.07. The van der Waals surface area contributed by atoms with Crippen LogP contribution in [0, 0.1) is 0 Å². The van der Waals surface area contributed by atoms with E-state index in [2.05, 4.69) is 7.05 Å². The van der Waals surface area contributed by atoms with Gasteiger partial charge < -0.3 is 9.64 Å². The van der Waals surface area contributed by atoms with Gasteiger partial charge in [-0.15, -0.1) is 0 Å². The number of rotatable bonds is 3. The molecular weight excluding hydrogens is 264 g/mol. The molecule has 0 radical (unpaired) electrons. The molecule has 0 saturated carbocycles. The first-order valence-corrected chi connectivity index (χ1v) is 7.93. The molecule has 1 heterocycles. The van der Waals surface area contributed by atoms with Crippen LogP contribution in [-0.4, -0.2) is 53.1 Å². The number of nitrogens with zero attached hydrogens (tertiary/aromatic N) is 1. The Morgan fingerprint density at radius 1 is 1.16 bits per heavy atom. The third-order valence-electron chi connectivity index (χ3n) is 3.50. The fraction of sp³-hybridized carbons (Fsp3) is 0.538. The summed E-state index contributed by atoms with van der Waals surface area (Å²) in [7, 11) is 0.298. The van der Waals surface area contributed by atoms with Crippen LogP contribution in [0.1, 0.15) is 6.42 Å². The lowest BCUT2D eigenvalue weighted by atomic mass is 10.3. The van der Waals surface area contributed by atoms with Crippen LogP contribution in [0.4, 0.5) is 0 Å². The quantitative estimate of drug-likeness (QED) is 0.822. The SMILES string of the molecule is COc1ccc(S(=O)(=O)N2CCC[NH+](C)CC2)cc1. The molecule has 106 valence electrons. The Kier molecular flexibility index (Phi) is 4.44. The van der Waals surface area contributed by atoms with E-state index < -0.39 is 10.0 Å². The van der Waals surface area contributed by atoms with Crippen molar-refractivity contribution in [3.63, 3.8) is 0 Å². The highest BCUT2D eigenvalue weighted by molar-refractivity contribution is 7.89. The third-order valence-corrected chi connectivity index (χ3v) is 5.41. The number of benzene rings is 1. The average molecular weight is 285 g/mol. The third kappa shape index (κ3) is 3.26. The monoisotopic (exact) mass is 285 g/mol. The molecule has 1 unspecified atom stereocenters. The molecule has 5 nitrogen and oxygen atoms in total. The van der Waals surface area contributed by atoms with Gasteiger partial charge in [-0.1, -0.05) is 0 Å². The second kappa shape index (κ2) is 5.90. The Morgan fingerprint density at radius 2 is 1.84 bits per heavy atom. The lowest BCUT2D eigenvalue weighted by Crippen LogP contribution is -3.09. The first kappa shape index (κ1) is 14.3. The second-order valence-electron chi connectivity index (χ2n) is 4.89. The Balaban J connectivity index is 2.20. The Bertz CT molecular complexity index is 513. The van der Waals surface area contributed by atoms with Crippen molar-refractivity contribution >= 4 is 10.0 Å². The minimum absolute atomic E-state index is 0.341. The number of likely N-dealkylation sites (N-methyl/N-ethyl adjacent to an activating group) is 1. The van der Waals surface area contributed by atoms with Crippen LogP contribution in [0.25, 0.3) is 0 Å². The summed E-state index contributed by atoms with van der Waals surface area (Å²) < 4.78 is 31.7. The molecule has 6 heteroatoms. The van der Waals surface area contributed by atoms with E-state index in [1.54, 1.807) is 35.7 Å². The van der Waals surface area contributed by atoms with E-state index in [9.17, 15) is 8.42 Å². The highest BCUT2D eigenvalue weighted by atomic mass is 32.2. The summed E-state index contributed by atoms with van der Waals surface area (Å²) in [5.41, 5.74) is 0. The standard InChI is InChI=1S/C13H20N2O3S/c1-14-8-3-9-15(11-10-14)19(16,17)13-6-4-12(18-2)5-7-13/h4-7H,3,8-11H2,1-2H3/p+1. The van der Waals surface area contributed by atoms with Crippen LogP contribution in [0.2, 0.25) is 0 Å². The highest BCUT2D eigenvalue weighted by Gasteiger charge is 2.27. The molecule has 1 N–H and O–H groups in total. The number of methoxy groups -OCH3 is 1. The van der Waals surface area contributed by atoms with Gasteiger partial charge in [-0.25, -0.2) is 8.42 Å². The summed E-state index contributed by atoms with van der Waals surface area (Å²) in [4.78, 5) is 1.72. The van der Waals surface area contributed by atoms with Crippen LogP contribution in [0.5, 0.6) is 5.75 Å². The van der Waals surface area contributed by atoms with Gasteiger partial charge in [0.25, 0.3) is 0 Å². The summed E-state index contributed by atoms with van der Waals surface area (Å²) in [6.07, 6.45) is 0.904. The molecule has 0 aliphatic carbocycles. The van der Waals surface area contributed by atoms with E-state index in [0.717, 1.165) is 19.5 Å². The van der Waals surface area contributed by atoms with Crippen molar-refractivity contribution in [3.8, 4) is 5.75 Å². The van der Waals surface area contributed by atoms with Crippen LogP contribution < -0.4 is 9.64 Å². The van der Waals surface area contributed by atoms with E-state index in [1.807, 2.05) is 0 Å². The number of quaternary nitrogens is 1. The molecule has 2 rings (SSSR count). The molecule has 1 saturated heterocycles. The van der Waals surface area contributed by atoms with Gasteiger partial charge in [-0.2, -0.15) is 4.31 Å². The smallest absolute Gasteiger partial charge is 0.243 e. The summed E-state index contributed by atoms with van der Waals surface area (Å²) in [5.74, 6) is 0.666. The molecule has 1 atom stereocenters. The maximum atomic E-state index is 12.5. The molecular formula is C13H21N2O3S+. The van der Waals surface area contributed by atoms with Gasteiger partial charge in [0.2, 0.25) is 10.0 Å². The highest BCUT2D eigenvalue weighted by Crippen LogP contribution is 2.19. The molecule has 0 bridgehead atoms. The predicted octanol–water partition coefficient (Wildman–Crippen LogP) is -0.396.